The van der Waals surface area contributed by atoms with Crippen LogP contribution in [0.5, 0.6) is 0 Å². The van der Waals surface area contributed by atoms with Crippen LogP contribution in [-0.4, -0.2) is 47.3 Å². The van der Waals surface area contributed by atoms with Gasteiger partial charge in [0.15, 0.2) is 5.82 Å². The van der Waals surface area contributed by atoms with Crippen molar-refractivity contribution in [1.29, 1.82) is 0 Å². The third-order valence-corrected chi connectivity index (χ3v) is 4.61. The van der Waals surface area contributed by atoms with Gasteiger partial charge < -0.3 is 14.2 Å². The summed E-state index contributed by atoms with van der Waals surface area (Å²) in [6.45, 7) is 2.68. The number of hydrogen-bond acceptors (Lipinski definition) is 5. The summed E-state index contributed by atoms with van der Waals surface area (Å²) >= 11 is 0. The molecule has 0 spiro atoms. The summed E-state index contributed by atoms with van der Waals surface area (Å²) < 4.78 is 10.7. The molecule has 23 heavy (non-hydrogen) atoms. The van der Waals surface area contributed by atoms with E-state index in [1.54, 1.807) is 0 Å². The molecule has 2 aromatic rings. The molecule has 2 aliphatic rings. The number of hydrogen-bond donors (Lipinski definition) is 0. The van der Waals surface area contributed by atoms with E-state index in [1.165, 1.54) is 0 Å². The molecule has 0 unspecified atom stereocenters. The molecule has 0 N–H and O–H groups in total. The van der Waals surface area contributed by atoms with Crippen LogP contribution >= 0.6 is 0 Å². The Morgan fingerprint density at radius 3 is 2.87 bits per heavy atom. The van der Waals surface area contributed by atoms with Crippen LogP contribution in [0.15, 0.2) is 34.9 Å². The topological polar surface area (TPSA) is 68.5 Å². The van der Waals surface area contributed by atoms with Crippen LogP contribution in [0.25, 0.3) is 11.5 Å². The van der Waals surface area contributed by atoms with E-state index in [9.17, 15) is 4.79 Å². The molecule has 0 radical (unpaired) electrons. The molecule has 2 saturated heterocycles. The molecule has 1 aromatic heterocycles. The average molecular weight is 313 g/mol. The van der Waals surface area contributed by atoms with Gasteiger partial charge in [-0.15, -0.1) is 0 Å². The van der Waals surface area contributed by atoms with Crippen molar-refractivity contribution in [1.82, 2.24) is 15.0 Å². The molecule has 3 heterocycles. The number of carbonyl (C=O) groups excluding carboxylic acids is 1. The number of benzene rings is 1. The van der Waals surface area contributed by atoms with Crippen LogP contribution in [0, 0.1) is 5.92 Å². The maximum absolute atomic E-state index is 12.4. The summed E-state index contributed by atoms with van der Waals surface area (Å²) in [5, 5.41) is 4.12. The first-order valence-electron chi connectivity index (χ1n) is 8.07. The highest BCUT2D eigenvalue weighted by atomic mass is 16.5. The Morgan fingerprint density at radius 1 is 1.22 bits per heavy atom. The second-order valence-electron chi connectivity index (χ2n) is 6.15. The molecule has 0 saturated carbocycles. The third kappa shape index (κ3) is 2.86. The number of carbonyl (C=O) groups is 1. The van der Waals surface area contributed by atoms with Gasteiger partial charge in [-0.25, -0.2) is 0 Å². The number of amides is 1. The summed E-state index contributed by atoms with van der Waals surface area (Å²) in [7, 11) is 0. The SMILES string of the molecule is O=C([C@H]1CCOC1)N1CC[C@H](c2noc(-c3ccccc3)n2)C1. The molecule has 2 atom stereocenters. The highest BCUT2D eigenvalue weighted by Gasteiger charge is 2.35. The first kappa shape index (κ1) is 14.4. The Morgan fingerprint density at radius 2 is 2.09 bits per heavy atom. The number of ether oxygens (including phenoxy) is 1. The number of aromatic nitrogens is 2. The highest BCUT2D eigenvalue weighted by Crippen LogP contribution is 2.29. The summed E-state index contributed by atoms with van der Waals surface area (Å²) in [5.74, 6) is 1.62. The van der Waals surface area contributed by atoms with Gasteiger partial charge in [-0.2, -0.15) is 4.98 Å². The zero-order valence-electron chi connectivity index (χ0n) is 12.9. The second-order valence-corrected chi connectivity index (χ2v) is 6.15. The van der Waals surface area contributed by atoms with Crippen molar-refractivity contribution in [2.75, 3.05) is 26.3 Å². The fourth-order valence-corrected chi connectivity index (χ4v) is 3.26. The van der Waals surface area contributed by atoms with Gasteiger partial charge in [0.05, 0.1) is 12.5 Å². The quantitative estimate of drug-likeness (QED) is 0.868. The Labute approximate surface area is 134 Å². The normalized spacial score (nSPS) is 24.3. The summed E-state index contributed by atoms with van der Waals surface area (Å²) in [6, 6.07) is 9.73. The van der Waals surface area contributed by atoms with Crippen molar-refractivity contribution in [2.45, 2.75) is 18.8 Å². The van der Waals surface area contributed by atoms with Crippen LogP contribution in [0.1, 0.15) is 24.6 Å². The molecular weight excluding hydrogens is 294 g/mol. The molecule has 4 rings (SSSR count). The zero-order chi connectivity index (χ0) is 15.6. The van der Waals surface area contributed by atoms with Crippen molar-refractivity contribution in [3.8, 4) is 11.5 Å². The van der Waals surface area contributed by atoms with Gasteiger partial charge in [-0.3, -0.25) is 4.79 Å². The van der Waals surface area contributed by atoms with E-state index in [0.717, 1.165) is 24.9 Å². The molecule has 1 amide bonds. The molecule has 1 aromatic carbocycles. The minimum Gasteiger partial charge on any atom is -0.381 e. The fourth-order valence-electron chi connectivity index (χ4n) is 3.26. The van der Waals surface area contributed by atoms with Crippen LogP contribution in [-0.2, 0) is 9.53 Å². The predicted molar refractivity (Wildman–Crippen MR) is 82.6 cm³/mol. The Kier molecular flexibility index (Phi) is 3.83. The van der Waals surface area contributed by atoms with E-state index in [4.69, 9.17) is 9.26 Å². The van der Waals surface area contributed by atoms with E-state index < -0.39 is 0 Å². The van der Waals surface area contributed by atoms with E-state index in [0.29, 0.717) is 31.5 Å². The lowest BCUT2D eigenvalue weighted by Gasteiger charge is -2.19. The lowest BCUT2D eigenvalue weighted by molar-refractivity contribution is -0.134. The number of likely N-dealkylation sites (tertiary alicyclic amines) is 1. The third-order valence-electron chi connectivity index (χ3n) is 4.61. The second kappa shape index (κ2) is 6.12. The fraction of sp³-hybridized carbons (Fsp3) is 0.471. The van der Waals surface area contributed by atoms with E-state index >= 15 is 0 Å². The summed E-state index contributed by atoms with van der Waals surface area (Å²) in [5.41, 5.74) is 0.917. The monoisotopic (exact) mass is 313 g/mol. The van der Waals surface area contributed by atoms with Crippen LogP contribution in [0.3, 0.4) is 0 Å². The van der Waals surface area contributed by atoms with Gasteiger partial charge in [0.25, 0.3) is 5.89 Å². The average Bonchev–Trinajstić information content (AvgIpc) is 3.35. The molecular formula is C17H19N3O3. The first-order chi connectivity index (χ1) is 11.3. The zero-order valence-corrected chi connectivity index (χ0v) is 12.9. The number of rotatable bonds is 3. The minimum atomic E-state index is 0.0268. The molecule has 2 aliphatic heterocycles. The lowest BCUT2D eigenvalue weighted by Crippen LogP contribution is -2.34. The maximum atomic E-state index is 12.4. The highest BCUT2D eigenvalue weighted by molar-refractivity contribution is 5.79. The smallest absolute Gasteiger partial charge is 0.257 e. The largest absolute Gasteiger partial charge is 0.381 e. The first-order valence-corrected chi connectivity index (χ1v) is 8.07. The molecule has 0 aliphatic carbocycles. The van der Waals surface area contributed by atoms with Gasteiger partial charge in [-0.05, 0) is 25.0 Å². The van der Waals surface area contributed by atoms with E-state index in [-0.39, 0.29) is 17.7 Å². The maximum Gasteiger partial charge on any atom is 0.257 e. The predicted octanol–water partition coefficient (Wildman–Crippen LogP) is 2.09. The lowest BCUT2D eigenvalue weighted by atomic mass is 10.1. The van der Waals surface area contributed by atoms with Gasteiger partial charge in [0.1, 0.15) is 0 Å². The molecule has 6 nitrogen and oxygen atoms in total. The summed E-state index contributed by atoms with van der Waals surface area (Å²) in [6.07, 6.45) is 1.72. The van der Waals surface area contributed by atoms with Crippen molar-refractivity contribution in [3.63, 3.8) is 0 Å². The van der Waals surface area contributed by atoms with Crippen molar-refractivity contribution < 1.29 is 14.1 Å². The van der Waals surface area contributed by atoms with Crippen LogP contribution < -0.4 is 0 Å². The standard InChI is InChI=1S/C17H19N3O3/c21-17(14-7-9-22-11-14)20-8-6-13(10-20)15-18-16(23-19-15)12-4-2-1-3-5-12/h1-5,13-14H,6-11H2/t13-,14-/m0/s1. The van der Waals surface area contributed by atoms with Gasteiger partial charge >= 0.3 is 0 Å². The molecule has 6 heteroatoms. The molecule has 2 fully saturated rings. The molecule has 0 bridgehead atoms. The van der Waals surface area contributed by atoms with E-state index in [2.05, 4.69) is 10.1 Å². The Balaban J connectivity index is 1.44. The molecule has 120 valence electrons. The van der Waals surface area contributed by atoms with Crippen LogP contribution in [0.2, 0.25) is 0 Å². The van der Waals surface area contributed by atoms with Gasteiger partial charge in [-0.1, -0.05) is 23.4 Å². The van der Waals surface area contributed by atoms with Crippen molar-refractivity contribution in [3.05, 3.63) is 36.2 Å². The van der Waals surface area contributed by atoms with Gasteiger partial charge in [0.2, 0.25) is 5.91 Å². The van der Waals surface area contributed by atoms with Crippen LogP contribution in [0.4, 0.5) is 0 Å². The van der Waals surface area contributed by atoms with Crippen molar-refractivity contribution in [2.24, 2.45) is 5.92 Å². The van der Waals surface area contributed by atoms with E-state index in [1.807, 2.05) is 35.2 Å². The van der Waals surface area contributed by atoms with Crippen molar-refractivity contribution >= 4 is 5.91 Å². The minimum absolute atomic E-state index is 0.0268. The summed E-state index contributed by atoms with van der Waals surface area (Å²) in [4.78, 5) is 18.9. The van der Waals surface area contributed by atoms with Gasteiger partial charge in [0, 0.05) is 31.2 Å². The number of nitrogens with zero attached hydrogens (tertiary/aromatic N) is 3. The Hall–Kier alpha value is -2.21. The Bertz CT molecular complexity index is 679.